The minimum Gasteiger partial charge on any atom is -0.337 e. The number of benzene rings is 1. The van der Waals surface area contributed by atoms with E-state index < -0.39 is 0 Å². The average Bonchev–Trinajstić information content (AvgIpc) is 2.92. The second-order valence-corrected chi connectivity index (χ2v) is 7.01. The van der Waals surface area contributed by atoms with Crippen LogP contribution in [0.15, 0.2) is 51.8 Å². The van der Waals surface area contributed by atoms with Crippen LogP contribution in [0.25, 0.3) is 0 Å². The summed E-state index contributed by atoms with van der Waals surface area (Å²) in [5, 5.41) is 0.954. The van der Waals surface area contributed by atoms with E-state index in [1.807, 2.05) is 19.2 Å². The molecule has 102 valence electrons. The van der Waals surface area contributed by atoms with Gasteiger partial charge in [-0.2, -0.15) is 0 Å². The van der Waals surface area contributed by atoms with Crippen LogP contribution >= 0.6 is 35.7 Å². The molecule has 1 fully saturated rings. The molecular formula is C14H12N2OS3. The minimum absolute atomic E-state index is 0.0259. The van der Waals surface area contributed by atoms with Gasteiger partial charge in [0, 0.05) is 18.5 Å². The predicted octanol–water partition coefficient (Wildman–Crippen LogP) is 3.44. The van der Waals surface area contributed by atoms with Gasteiger partial charge < -0.3 is 4.90 Å². The van der Waals surface area contributed by atoms with Crippen molar-refractivity contribution in [1.82, 2.24) is 4.90 Å². The lowest BCUT2D eigenvalue weighted by molar-refractivity contribution is -0.121. The van der Waals surface area contributed by atoms with E-state index in [4.69, 9.17) is 12.2 Å². The van der Waals surface area contributed by atoms with E-state index in [9.17, 15) is 4.79 Å². The zero-order chi connectivity index (χ0) is 14.3. The van der Waals surface area contributed by atoms with Gasteiger partial charge in [0.2, 0.25) is 0 Å². The SMILES string of the molecule is C=CCN1C(=O)C(=C2Sc3ccccc3N2C)SC1=S. The summed E-state index contributed by atoms with van der Waals surface area (Å²) in [6, 6.07) is 8.13. The smallest absolute Gasteiger partial charge is 0.269 e. The summed E-state index contributed by atoms with van der Waals surface area (Å²) in [5.74, 6) is -0.0259. The molecule has 3 rings (SSSR count). The number of thiocarbonyl (C=S) groups is 1. The fourth-order valence-corrected chi connectivity index (χ4v) is 4.72. The van der Waals surface area contributed by atoms with E-state index >= 15 is 0 Å². The van der Waals surface area contributed by atoms with E-state index in [0.717, 1.165) is 10.7 Å². The molecule has 0 aromatic heterocycles. The highest BCUT2D eigenvalue weighted by atomic mass is 32.2. The van der Waals surface area contributed by atoms with Gasteiger partial charge in [-0.25, -0.2) is 0 Å². The standard InChI is InChI=1S/C14H12N2OS3/c1-3-8-16-12(17)11(20-14(16)18)13-15(2)9-6-4-5-7-10(9)19-13/h3-7H,1,8H2,2H3. The molecule has 1 aromatic rings. The fraction of sp³-hybridized carbons (Fsp3) is 0.143. The zero-order valence-corrected chi connectivity index (χ0v) is 13.3. The number of rotatable bonds is 2. The fourth-order valence-electron chi connectivity index (χ4n) is 2.11. The van der Waals surface area contributed by atoms with Crippen LogP contribution in [0.3, 0.4) is 0 Å². The van der Waals surface area contributed by atoms with Crippen LogP contribution in [0.2, 0.25) is 0 Å². The normalized spacial score (nSPS) is 21.6. The summed E-state index contributed by atoms with van der Waals surface area (Å²) in [4.78, 5) is 18.0. The predicted molar refractivity (Wildman–Crippen MR) is 89.8 cm³/mol. The topological polar surface area (TPSA) is 23.6 Å². The molecule has 2 aliphatic rings. The molecule has 2 heterocycles. The van der Waals surface area contributed by atoms with Crippen molar-refractivity contribution in [2.45, 2.75) is 4.90 Å². The van der Waals surface area contributed by atoms with Crippen molar-refractivity contribution in [3.05, 3.63) is 46.9 Å². The van der Waals surface area contributed by atoms with E-state index in [1.165, 1.54) is 16.7 Å². The quantitative estimate of drug-likeness (QED) is 0.472. The van der Waals surface area contributed by atoms with Gasteiger partial charge >= 0.3 is 0 Å². The highest BCUT2D eigenvalue weighted by Gasteiger charge is 2.37. The second kappa shape index (κ2) is 5.27. The van der Waals surface area contributed by atoms with Crippen LogP contribution < -0.4 is 4.90 Å². The Hall–Kier alpha value is -1.24. The number of fused-ring (bicyclic) bond motifs is 1. The number of hydrogen-bond acceptors (Lipinski definition) is 5. The highest BCUT2D eigenvalue weighted by Crippen LogP contribution is 2.49. The molecule has 0 aliphatic carbocycles. The minimum atomic E-state index is -0.0259. The maximum Gasteiger partial charge on any atom is 0.269 e. The van der Waals surface area contributed by atoms with Gasteiger partial charge in [-0.1, -0.05) is 54.0 Å². The molecule has 0 bridgehead atoms. The Balaban J connectivity index is 2.00. The number of para-hydroxylation sites is 1. The first kappa shape index (κ1) is 13.7. The lowest BCUT2D eigenvalue weighted by Crippen LogP contribution is -2.28. The Morgan fingerprint density at radius 2 is 2.10 bits per heavy atom. The maximum absolute atomic E-state index is 12.5. The molecule has 2 aliphatic heterocycles. The summed E-state index contributed by atoms with van der Waals surface area (Å²) in [7, 11) is 1.98. The zero-order valence-electron chi connectivity index (χ0n) is 10.8. The van der Waals surface area contributed by atoms with Crippen LogP contribution in [0.5, 0.6) is 0 Å². The molecule has 0 atom stereocenters. The Bertz CT molecular complexity index is 654. The Morgan fingerprint density at radius 3 is 2.80 bits per heavy atom. The van der Waals surface area contributed by atoms with Crippen molar-refractivity contribution in [2.75, 3.05) is 18.5 Å². The third kappa shape index (κ3) is 2.08. The van der Waals surface area contributed by atoms with Crippen LogP contribution in [-0.2, 0) is 4.79 Å². The Labute approximate surface area is 131 Å². The molecule has 1 amide bonds. The molecule has 0 unspecified atom stereocenters. The first-order valence-corrected chi connectivity index (χ1v) is 8.07. The summed E-state index contributed by atoms with van der Waals surface area (Å²) < 4.78 is 0.599. The number of carbonyl (C=O) groups is 1. The molecule has 6 heteroatoms. The van der Waals surface area contributed by atoms with Crippen molar-refractivity contribution in [1.29, 1.82) is 0 Å². The van der Waals surface area contributed by atoms with Crippen LogP contribution in [-0.4, -0.2) is 28.7 Å². The summed E-state index contributed by atoms with van der Waals surface area (Å²) in [6.45, 7) is 4.13. The van der Waals surface area contributed by atoms with Gasteiger partial charge in [0.1, 0.15) is 9.23 Å². The van der Waals surface area contributed by atoms with Crippen LogP contribution in [0, 0.1) is 0 Å². The molecule has 1 saturated heterocycles. The van der Waals surface area contributed by atoms with Gasteiger partial charge in [0.25, 0.3) is 5.91 Å². The van der Waals surface area contributed by atoms with Crippen LogP contribution in [0.4, 0.5) is 5.69 Å². The van der Waals surface area contributed by atoms with Gasteiger partial charge in [-0.15, -0.1) is 6.58 Å². The summed E-state index contributed by atoms with van der Waals surface area (Å²) in [5.41, 5.74) is 1.13. The number of hydrogen-bond donors (Lipinski definition) is 0. The monoisotopic (exact) mass is 320 g/mol. The number of amides is 1. The molecule has 0 N–H and O–H groups in total. The van der Waals surface area contributed by atoms with Crippen molar-refractivity contribution in [3.63, 3.8) is 0 Å². The van der Waals surface area contributed by atoms with Gasteiger partial charge in [-0.3, -0.25) is 9.69 Å². The van der Waals surface area contributed by atoms with Crippen molar-refractivity contribution >= 4 is 51.7 Å². The van der Waals surface area contributed by atoms with E-state index in [0.29, 0.717) is 15.8 Å². The number of nitrogens with zero attached hydrogens (tertiary/aromatic N) is 2. The van der Waals surface area contributed by atoms with E-state index in [2.05, 4.69) is 23.6 Å². The number of thioether (sulfide) groups is 2. The van der Waals surface area contributed by atoms with Gasteiger partial charge in [0.05, 0.1) is 10.7 Å². The Morgan fingerprint density at radius 1 is 1.35 bits per heavy atom. The second-order valence-electron chi connectivity index (χ2n) is 4.34. The third-order valence-electron chi connectivity index (χ3n) is 3.09. The maximum atomic E-state index is 12.5. The highest BCUT2D eigenvalue weighted by molar-refractivity contribution is 8.27. The third-order valence-corrected chi connectivity index (χ3v) is 5.90. The molecule has 0 radical (unpaired) electrons. The lowest BCUT2D eigenvalue weighted by atomic mass is 10.3. The van der Waals surface area contributed by atoms with E-state index in [-0.39, 0.29) is 5.91 Å². The molecule has 3 nitrogen and oxygen atoms in total. The van der Waals surface area contributed by atoms with Gasteiger partial charge in [0.15, 0.2) is 0 Å². The number of carbonyl (C=O) groups excluding carboxylic acids is 1. The Kier molecular flexibility index (Phi) is 3.62. The van der Waals surface area contributed by atoms with Crippen molar-refractivity contribution in [3.8, 4) is 0 Å². The summed E-state index contributed by atoms with van der Waals surface area (Å²) >= 11 is 8.27. The first-order valence-electron chi connectivity index (χ1n) is 6.03. The summed E-state index contributed by atoms with van der Waals surface area (Å²) in [6.07, 6.45) is 1.69. The van der Waals surface area contributed by atoms with Crippen LogP contribution in [0.1, 0.15) is 0 Å². The molecule has 0 spiro atoms. The number of anilines is 1. The lowest BCUT2D eigenvalue weighted by Gasteiger charge is -2.15. The first-order chi connectivity index (χ1) is 9.63. The average molecular weight is 320 g/mol. The molecule has 20 heavy (non-hydrogen) atoms. The van der Waals surface area contributed by atoms with Crippen molar-refractivity contribution < 1.29 is 4.79 Å². The van der Waals surface area contributed by atoms with E-state index in [1.54, 1.807) is 22.7 Å². The molecular weight excluding hydrogens is 308 g/mol. The van der Waals surface area contributed by atoms with Crippen molar-refractivity contribution in [2.24, 2.45) is 0 Å². The van der Waals surface area contributed by atoms with Gasteiger partial charge in [-0.05, 0) is 12.1 Å². The largest absolute Gasteiger partial charge is 0.337 e. The molecule has 0 saturated carbocycles. The molecule has 1 aromatic carbocycles.